The second-order valence-corrected chi connectivity index (χ2v) is 7.48. The lowest BCUT2D eigenvalue weighted by Gasteiger charge is -2.25. The van der Waals surface area contributed by atoms with Gasteiger partial charge >= 0.3 is 0 Å². The molecule has 2 aliphatic rings. The third kappa shape index (κ3) is 3.92. The smallest absolute Gasteiger partial charge is 0.269 e. The molecule has 2 aromatic carbocycles. The number of hydrogen-bond acceptors (Lipinski definition) is 5. The van der Waals surface area contributed by atoms with Crippen LogP contribution in [0.5, 0.6) is 11.5 Å². The molecule has 3 heterocycles. The van der Waals surface area contributed by atoms with E-state index < -0.39 is 6.10 Å². The Kier molecular flexibility index (Phi) is 4.95. The normalized spacial score (nSPS) is 19.5. The number of hydrogen-bond donors (Lipinski definition) is 4. The Hall–Kier alpha value is -3.94. The van der Waals surface area contributed by atoms with E-state index in [1.54, 1.807) is 12.3 Å². The van der Waals surface area contributed by atoms with Crippen molar-refractivity contribution >= 4 is 23.2 Å². The van der Waals surface area contributed by atoms with Gasteiger partial charge in [0.2, 0.25) is 6.10 Å². The summed E-state index contributed by atoms with van der Waals surface area (Å²) in [7, 11) is 0. The maximum absolute atomic E-state index is 12.7. The van der Waals surface area contributed by atoms with Gasteiger partial charge in [-0.05, 0) is 42.8 Å². The van der Waals surface area contributed by atoms with Gasteiger partial charge in [0.1, 0.15) is 12.3 Å². The number of anilines is 2. The first-order chi connectivity index (χ1) is 15.2. The van der Waals surface area contributed by atoms with Crippen LogP contribution in [0.25, 0.3) is 0 Å². The molecule has 2 aliphatic heterocycles. The van der Waals surface area contributed by atoms with Gasteiger partial charge in [0.15, 0.2) is 11.5 Å². The quantitative estimate of drug-likeness (QED) is 0.521. The van der Waals surface area contributed by atoms with Crippen LogP contribution >= 0.6 is 0 Å². The molecule has 0 bridgehead atoms. The zero-order valence-electron chi connectivity index (χ0n) is 16.7. The first-order valence-electron chi connectivity index (χ1n) is 10.2. The zero-order valence-corrected chi connectivity index (χ0v) is 16.7. The zero-order chi connectivity index (χ0) is 21.2. The molecule has 8 nitrogen and oxygen atoms in total. The lowest BCUT2D eigenvalue weighted by Crippen LogP contribution is -2.40. The third-order valence-electron chi connectivity index (χ3n) is 5.37. The molecule has 0 fully saturated rings. The summed E-state index contributed by atoms with van der Waals surface area (Å²) in [6.45, 7) is 0.732. The van der Waals surface area contributed by atoms with E-state index in [-0.39, 0.29) is 24.5 Å². The Balaban J connectivity index is 1.27. The molecule has 0 radical (unpaired) electrons. The highest BCUT2D eigenvalue weighted by Gasteiger charge is 2.28. The molecule has 2 amide bonds. The molecule has 2 unspecified atom stereocenters. The summed E-state index contributed by atoms with van der Waals surface area (Å²) in [5, 5.41) is 9.26. The molecular weight excluding hydrogens is 396 g/mol. The maximum Gasteiger partial charge on any atom is 0.269 e. The average Bonchev–Trinajstić information content (AvgIpc) is 3.23. The van der Waals surface area contributed by atoms with Crippen molar-refractivity contribution in [1.82, 2.24) is 10.3 Å². The molecule has 0 aliphatic carbocycles. The van der Waals surface area contributed by atoms with Crippen LogP contribution in [0.15, 0.2) is 60.8 Å². The van der Waals surface area contributed by atoms with E-state index >= 15 is 0 Å². The van der Waals surface area contributed by atoms with E-state index in [0.717, 1.165) is 17.7 Å². The summed E-state index contributed by atoms with van der Waals surface area (Å²) in [6, 6.07) is 16.7. The van der Waals surface area contributed by atoms with Gasteiger partial charge < -0.3 is 30.4 Å². The standard InChI is InChI=1S/C23H22N4O4/c28-22(20-13-30-18-6-1-2-7-19(18)31-20)27-15-5-3-4-14(12-15)26-17-9-11-25-23(29)21-16(17)8-10-24-21/h1-8,10,12,17,20,24,26H,9,11,13H2,(H,25,29)(H,27,28). The predicted octanol–water partition coefficient (Wildman–Crippen LogP) is 3.08. The monoisotopic (exact) mass is 418 g/mol. The van der Waals surface area contributed by atoms with Gasteiger partial charge in [-0.25, -0.2) is 0 Å². The number of nitrogens with one attached hydrogen (secondary N) is 4. The number of benzene rings is 2. The summed E-state index contributed by atoms with van der Waals surface area (Å²) < 4.78 is 11.4. The number of para-hydroxylation sites is 2. The van der Waals surface area contributed by atoms with Crippen LogP contribution in [0.1, 0.15) is 28.5 Å². The van der Waals surface area contributed by atoms with E-state index in [2.05, 4.69) is 20.9 Å². The van der Waals surface area contributed by atoms with Crippen LogP contribution in [-0.2, 0) is 4.79 Å². The van der Waals surface area contributed by atoms with Crippen molar-refractivity contribution in [3.05, 3.63) is 72.1 Å². The average molecular weight is 418 g/mol. The van der Waals surface area contributed by atoms with Crippen molar-refractivity contribution in [1.29, 1.82) is 0 Å². The fraction of sp³-hybridized carbons (Fsp3) is 0.217. The van der Waals surface area contributed by atoms with Crippen molar-refractivity contribution in [2.45, 2.75) is 18.6 Å². The summed E-state index contributed by atoms with van der Waals surface area (Å²) >= 11 is 0. The summed E-state index contributed by atoms with van der Waals surface area (Å²) in [5.74, 6) is 0.826. The van der Waals surface area contributed by atoms with Gasteiger partial charge in [0, 0.05) is 29.7 Å². The predicted molar refractivity (Wildman–Crippen MR) is 116 cm³/mol. The minimum absolute atomic E-state index is 0.0299. The highest BCUT2D eigenvalue weighted by atomic mass is 16.6. The van der Waals surface area contributed by atoms with Gasteiger partial charge in [0.05, 0.1) is 6.04 Å². The van der Waals surface area contributed by atoms with Gasteiger partial charge in [-0.2, -0.15) is 0 Å². The second-order valence-electron chi connectivity index (χ2n) is 7.48. The van der Waals surface area contributed by atoms with Crippen LogP contribution in [-0.4, -0.2) is 36.1 Å². The first-order valence-corrected chi connectivity index (χ1v) is 10.2. The Morgan fingerprint density at radius 2 is 1.87 bits per heavy atom. The molecule has 31 heavy (non-hydrogen) atoms. The van der Waals surface area contributed by atoms with Gasteiger partial charge in [-0.3, -0.25) is 9.59 Å². The van der Waals surface area contributed by atoms with E-state index in [0.29, 0.717) is 29.4 Å². The molecule has 2 atom stereocenters. The minimum atomic E-state index is -0.729. The molecular formula is C23H22N4O4. The van der Waals surface area contributed by atoms with Crippen LogP contribution in [0.4, 0.5) is 11.4 Å². The Morgan fingerprint density at radius 3 is 2.77 bits per heavy atom. The lowest BCUT2D eigenvalue weighted by atomic mass is 10.0. The number of aromatic amines is 1. The van der Waals surface area contributed by atoms with Crippen LogP contribution in [0.3, 0.4) is 0 Å². The molecule has 4 N–H and O–H groups in total. The minimum Gasteiger partial charge on any atom is -0.485 e. The molecule has 0 saturated heterocycles. The molecule has 3 aromatic rings. The highest BCUT2D eigenvalue weighted by molar-refractivity contribution is 5.95. The molecule has 158 valence electrons. The van der Waals surface area contributed by atoms with Crippen molar-refractivity contribution in [2.24, 2.45) is 0 Å². The van der Waals surface area contributed by atoms with Crippen molar-refractivity contribution in [3.8, 4) is 11.5 Å². The number of carbonyl (C=O) groups excluding carboxylic acids is 2. The first kappa shape index (κ1) is 19.0. The molecule has 8 heteroatoms. The van der Waals surface area contributed by atoms with Crippen molar-refractivity contribution < 1.29 is 19.1 Å². The lowest BCUT2D eigenvalue weighted by molar-refractivity contribution is -0.125. The maximum atomic E-state index is 12.7. The Morgan fingerprint density at radius 1 is 1.03 bits per heavy atom. The topological polar surface area (TPSA) is 104 Å². The molecule has 0 saturated carbocycles. The fourth-order valence-corrected chi connectivity index (χ4v) is 3.85. The van der Waals surface area contributed by atoms with E-state index in [9.17, 15) is 9.59 Å². The van der Waals surface area contributed by atoms with Crippen molar-refractivity contribution in [3.63, 3.8) is 0 Å². The number of fused-ring (bicyclic) bond motifs is 2. The Labute approximate surface area is 178 Å². The summed E-state index contributed by atoms with van der Waals surface area (Å²) in [5.41, 5.74) is 3.00. The van der Waals surface area contributed by atoms with Gasteiger partial charge in [-0.15, -0.1) is 0 Å². The van der Waals surface area contributed by atoms with Crippen molar-refractivity contribution in [2.75, 3.05) is 23.8 Å². The van der Waals surface area contributed by atoms with Gasteiger partial charge in [0.25, 0.3) is 11.8 Å². The van der Waals surface area contributed by atoms with Gasteiger partial charge in [-0.1, -0.05) is 18.2 Å². The largest absolute Gasteiger partial charge is 0.485 e. The number of ether oxygens (including phenoxy) is 2. The van der Waals surface area contributed by atoms with Crippen LogP contribution < -0.4 is 25.4 Å². The summed E-state index contributed by atoms with van der Waals surface area (Å²) in [4.78, 5) is 27.8. The number of aromatic nitrogens is 1. The fourth-order valence-electron chi connectivity index (χ4n) is 3.85. The molecule has 5 rings (SSSR count). The molecule has 0 spiro atoms. The van der Waals surface area contributed by atoms with Crippen LogP contribution in [0.2, 0.25) is 0 Å². The van der Waals surface area contributed by atoms with Crippen LogP contribution in [0, 0.1) is 0 Å². The molecule has 1 aromatic heterocycles. The SMILES string of the molecule is O=C1NCCC(Nc2cccc(NC(=O)C3COc4ccccc4O3)c2)c2cc[nH]c21. The number of rotatable bonds is 4. The van der Waals surface area contributed by atoms with E-state index in [1.165, 1.54) is 0 Å². The Bertz CT molecular complexity index is 1130. The van der Waals surface area contributed by atoms with E-state index in [4.69, 9.17) is 9.47 Å². The summed E-state index contributed by atoms with van der Waals surface area (Å²) in [6.07, 6.45) is 1.79. The second kappa shape index (κ2) is 8.06. The third-order valence-corrected chi connectivity index (χ3v) is 5.37. The highest BCUT2D eigenvalue weighted by Crippen LogP contribution is 2.31. The number of amides is 2. The number of H-pyrrole nitrogens is 1. The van der Waals surface area contributed by atoms with E-state index in [1.807, 2.05) is 48.5 Å². The number of carbonyl (C=O) groups is 2.